The molecule has 4 nitrogen and oxygen atoms in total. The highest BCUT2D eigenvalue weighted by Gasteiger charge is 2.22. The van der Waals surface area contributed by atoms with Crippen molar-refractivity contribution >= 4 is 11.6 Å². The Balaban J connectivity index is 1.74. The fourth-order valence-electron chi connectivity index (χ4n) is 2.82. The largest absolute Gasteiger partial charge is 0.314 e. The van der Waals surface area contributed by atoms with Gasteiger partial charge in [-0.1, -0.05) is 17.7 Å². The molecule has 0 spiro atoms. The second kappa shape index (κ2) is 5.73. The highest BCUT2D eigenvalue weighted by atomic mass is 35.5. The Kier molecular flexibility index (Phi) is 3.95. The average molecular weight is 309 g/mol. The summed E-state index contributed by atoms with van der Waals surface area (Å²) in [5.74, 6) is 1.62. The molecule has 21 heavy (non-hydrogen) atoms. The predicted octanol–water partition coefficient (Wildman–Crippen LogP) is 3.43. The molecule has 112 valence electrons. The van der Waals surface area contributed by atoms with Crippen molar-refractivity contribution in [3.63, 3.8) is 0 Å². The lowest BCUT2D eigenvalue weighted by molar-refractivity contribution is 0.458. The van der Waals surface area contributed by atoms with Gasteiger partial charge in [0.25, 0.3) is 0 Å². The summed E-state index contributed by atoms with van der Waals surface area (Å²) in [7, 11) is 0. The molecule has 1 aliphatic rings. The van der Waals surface area contributed by atoms with E-state index in [9.17, 15) is 4.39 Å². The SMILES string of the molecule is CC(NC(C)c1nnc2n1CCC2)c1ccc(Cl)c(F)c1. The van der Waals surface area contributed by atoms with Crippen molar-refractivity contribution in [1.29, 1.82) is 0 Å². The van der Waals surface area contributed by atoms with Gasteiger partial charge in [0, 0.05) is 19.0 Å². The summed E-state index contributed by atoms with van der Waals surface area (Å²) >= 11 is 5.72. The van der Waals surface area contributed by atoms with Crippen LogP contribution in [0.25, 0.3) is 0 Å². The van der Waals surface area contributed by atoms with Crippen LogP contribution in [0, 0.1) is 5.82 Å². The molecular weight excluding hydrogens is 291 g/mol. The predicted molar refractivity (Wildman–Crippen MR) is 79.7 cm³/mol. The van der Waals surface area contributed by atoms with Crippen LogP contribution in [0.1, 0.15) is 49.6 Å². The van der Waals surface area contributed by atoms with Gasteiger partial charge in [0.05, 0.1) is 11.1 Å². The number of nitrogens with zero attached hydrogens (tertiary/aromatic N) is 3. The Labute approximate surface area is 128 Å². The standard InChI is InChI=1S/C15H18ClFN4/c1-9(11-5-6-12(16)13(17)8-11)18-10(2)15-20-19-14-4-3-7-21(14)15/h5-6,8-10,18H,3-4,7H2,1-2H3. The van der Waals surface area contributed by atoms with Gasteiger partial charge in [-0.05, 0) is 38.0 Å². The molecule has 2 atom stereocenters. The molecule has 2 heterocycles. The number of halogens is 2. The molecule has 0 amide bonds. The van der Waals surface area contributed by atoms with Crippen molar-refractivity contribution in [2.24, 2.45) is 0 Å². The topological polar surface area (TPSA) is 42.7 Å². The summed E-state index contributed by atoms with van der Waals surface area (Å²) in [6.45, 7) is 5.03. The molecule has 1 N–H and O–H groups in total. The normalized spacial score (nSPS) is 16.8. The van der Waals surface area contributed by atoms with E-state index in [-0.39, 0.29) is 22.9 Å². The van der Waals surface area contributed by atoms with Gasteiger partial charge in [-0.25, -0.2) is 4.39 Å². The highest BCUT2D eigenvalue weighted by Crippen LogP contribution is 2.24. The average Bonchev–Trinajstić information content (AvgIpc) is 3.04. The zero-order valence-electron chi connectivity index (χ0n) is 12.1. The number of rotatable bonds is 4. The third-order valence-corrected chi connectivity index (χ3v) is 4.28. The lowest BCUT2D eigenvalue weighted by Gasteiger charge is -2.20. The molecule has 2 unspecified atom stereocenters. The van der Waals surface area contributed by atoms with Gasteiger partial charge in [0.15, 0.2) is 0 Å². The molecule has 0 saturated heterocycles. The first-order valence-electron chi connectivity index (χ1n) is 7.19. The second-order valence-corrected chi connectivity index (χ2v) is 5.92. The van der Waals surface area contributed by atoms with Crippen LogP contribution in [0.2, 0.25) is 5.02 Å². The first kappa shape index (κ1) is 14.5. The summed E-state index contributed by atoms with van der Waals surface area (Å²) in [5, 5.41) is 12.1. The number of hydrogen-bond acceptors (Lipinski definition) is 3. The quantitative estimate of drug-likeness (QED) is 0.941. The molecule has 6 heteroatoms. The van der Waals surface area contributed by atoms with E-state index < -0.39 is 0 Å². The minimum atomic E-state index is -0.390. The monoisotopic (exact) mass is 308 g/mol. The molecular formula is C15H18ClFN4. The van der Waals surface area contributed by atoms with Crippen molar-refractivity contribution < 1.29 is 4.39 Å². The molecule has 0 radical (unpaired) electrons. The van der Waals surface area contributed by atoms with E-state index in [4.69, 9.17) is 11.6 Å². The summed E-state index contributed by atoms with van der Waals surface area (Å²) in [6, 6.07) is 4.95. The van der Waals surface area contributed by atoms with Crippen LogP contribution in [0.15, 0.2) is 18.2 Å². The highest BCUT2D eigenvalue weighted by molar-refractivity contribution is 6.30. The first-order valence-corrected chi connectivity index (χ1v) is 7.57. The minimum Gasteiger partial charge on any atom is -0.314 e. The lowest BCUT2D eigenvalue weighted by Crippen LogP contribution is -2.25. The van der Waals surface area contributed by atoms with Crippen molar-refractivity contribution in [3.05, 3.63) is 46.3 Å². The summed E-state index contributed by atoms with van der Waals surface area (Å²) < 4.78 is 15.7. The number of aromatic nitrogens is 3. The molecule has 0 bridgehead atoms. The molecule has 0 aliphatic carbocycles. The Morgan fingerprint density at radius 3 is 2.86 bits per heavy atom. The first-order chi connectivity index (χ1) is 10.1. The maximum Gasteiger partial charge on any atom is 0.149 e. The van der Waals surface area contributed by atoms with Crippen LogP contribution in [0.3, 0.4) is 0 Å². The van der Waals surface area contributed by atoms with Crippen molar-refractivity contribution in [2.45, 2.75) is 45.3 Å². The van der Waals surface area contributed by atoms with Gasteiger partial charge in [-0.3, -0.25) is 0 Å². The Bertz CT molecular complexity index is 655. The van der Waals surface area contributed by atoms with E-state index in [1.165, 1.54) is 6.07 Å². The molecule has 0 saturated carbocycles. The van der Waals surface area contributed by atoms with Crippen molar-refractivity contribution in [2.75, 3.05) is 0 Å². The molecule has 1 aromatic carbocycles. The molecule has 2 aromatic rings. The lowest BCUT2D eigenvalue weighted by atomic mass is 10.1. The smallest absolute Gasteiger partial charge is 0.149 e. The van der Waals surface area contributed by atoms with E-state index in [2.05, 4.69) is 27.0 Å². The summed E-state index contributed by atoms with van der Waals surface area (Å²) in [4.78, 5) is 0. The Morgan fingerprint density at radius 2 is 2.10 bits per heavy atom. The van der Waals surface area contributed by atoms with Crippen molar-refractivity contribution in [1.82, 2.24) is 20.1 Å². The zero-order valence-corrected chi connectivity index (χ0v) is 12.9. The molecule has 3 rings (SSSR count). The summed E-state index contributed by atoms with van der Waals surface area (Å²) in [6.07, 6.45) is 2.13. The van der Waals surface area contributed by atoms with Crippen LogP contribution < -0.4 is 5.32 Å². The number of fused-ring (bicyclic) bond motifs is 1. The third-order valence-electron chi connectivity index (χ3n) is 3.97. The van der Waals surface area contributed by atoms with Crippen LogP contribution in [-0.2, 0) is 13.0 Å². The Morgan fingerprint density at radius 1 is 1.29 bits per heavy atom. The number of aryl methyl sites for hydroxylation is 1. The van der Waals surface area contributed by atoms with E-state index in [0.29, 0.717) is 0 Å². The van der Waals surface area contributed by atoms with E-state index in [0.717, 1.165) is 36.6 Å². The molecule has 1 aliphatic heterocycles. The van der Waals surface area contributed by atoms with Gasteiger partial charge in [-0.2, -0.15) is 0 Å². The molecule has 0 fully saturated rings. The number of hydrogen-bond donors (Lipinski definition) is 1. The van der Waals surface area contributed by atoms with Gasteiger partial charge < -0.3 is 9.88 Å². The van der Waals surface area contributed by atoms with Crippen LogP contribution in [-0.4, -0.2) is 14.8 Å². The van der Waals surface area contributed by atoms with E-state index in [1.54, 1.807) is 6.07 Å². The van der Waals surface area contributed by atoms with E-state index in [1.807, 2.05) is 13.0 Å². The zero-order chi connectivity index (χ0) is 15.0. The fraction of sp³-hybridized carbons (Fsp3) is 0.467. The van der Waals surface area contributed by atoms with Crippen LogP contribution >= 0.6 is 11.6 Å². The van der Waals surface area contributed by atoms with Gasteiger partial charge >= 0.3 is 0 Å². The number of nitrogens with one attached hydrogen (secondary N) is 1. The second-order valence-electron chi connectivity index (χ2n) is 5.51. The Hall–Kier alpha value is -1.46. The summed E-state index contributed by atoms with van der Waals surface area (Å²) in [5.41, 5.74) is 0.866. The van der Waals surface area contributed by atoms with Gasteiger partial charge in [-0.15, -0.1) is 10.2 Å². The number of benzene rings is 1. The minimum absolute atomic E-state index is 0.00104. The maximum absolute atomic E-state index is 13.5. The maximum atomic E-state index is 13.5. The van der Waals surface area contributed by atoms with Gasteiger partial charge in [0.2, 0.25) is 0 Å². The molecule has 1 aromatic heterocycles. The third kappa shape index (κ3) is 2.80. The van der Waals surface area contributed by atoms with Crippen LogP contribution in [0.4, 0.5) is 4.39 Å². The van der Waals surface area contributed by atoms with Gasteiger partial charge in [0.1, 0.15) is 17.5 Å². The van der Waals surface area contributed by atoms with Crippen molar-refractivity contribution in [3.8, 4) is 0 Å². The van der Waals surface area contributed by atoms with Crippen LogP contribution in [0.5, 0.6) is 0 Å². The van der Waals surface area contributed by atoms with E-state index >= 15 is 0 Å². The fourth-order valence-corrected chi connectivity index (χ4v) is 2.94.